The molecule has 5 heteroatoms. The molecule has 2 aromatic carbocycles. The van der Waals surface area contributed by atoms with Crippen LogP contribution in [0.25, 0.3) is 0 Å². The molecule has 3 N–H and O–H groups in total. The van der Waals surface area contributed by atoms with Gasteiger partial charge in [0, 0.05) is 5.69 Å². The fourth-order valence-electron chi connectivity index (χ4n) is 2.52. The summed E-state index contributed by atoms with van der Waals surface area (Å²) < 4.78 is 4.82. The Balaban J connectivity index is 2.14. The van der Waals surface area contributed by atoms with Crippen molar-refractivity contribution in [3.63, 3.8) is 0 Å². The van der Waals surface area contributed by atoms with Crippen LogP contribution in [0.3, 0.4) is 0 Å². The Morgan fingerprint density at radius 3 is 2.29 bits per heavy atom. The lowest BCUT2D eigenvalue weighted by Gasteiger charge is -2.24. The Kier molecular flexibility index (Phi) is 5.95. The lowest BCUT2D eigenvalue weighted by Crippen LogP contribution is -2.36. The maximum absolute atomic E-state index is 12.4. The minimum atomic E-state index is -0.493. The van der Waals surface area contributed by atoms with E-state index < -0.39 is 12.0 Å². The molecule has 0 saturated heterocycles. The van der Waals surface area contributed by atoms with Gasteiger partial charge in [0.2, 0.25) is 5.91 Å². The molecule has 0 fully saturated rings. The Morgan fingerprint density at radius 1 is 1.08 bits per heavy atom. The van der Waals surface area contributed by atoms with Crippen molar-refractivity contribution in [3.05, 3.63) is 65.7 Å². The predicted octanol–water partition coefficient (Wildman–Crippen LogP) is 2.48. The summed E-state index contributed by atoms with van der Waals surface area (Å²) in [5.41, 5.74) is 8.03. The van der Waals surface area contributed by atoms with E-state index >= 15 is 0 Å². The van der Waals surface area contributed by atoms with Crippen LogP contribution in [0, 0.1) is 5.92 Å². The molecule has 2 unspecified atom stereocenters. The minimum Gasteiger partial charge on any atom is -0.469 e. The number of ether oxygens (including phenoxy) is 1. The summed E-state index contributed by atoms with van der Waals surface area (Å²) in [6.07, 6.45) is 0.220. The molecular weight excluding hydrogens is 304 g/mol. The lowest BCUT2D eigenvalue weighted by molar-refractivity contribution is -0.146. The monoisotopic (exact) mass is 326 g/mol. The highest BCUT2D eigenvalue weighted by Gasteiger charge is 2.27. The van der Waals surface area contributed by atoms with Gasteiger partial charge in [0.25, 0.3) is 0 Å². The van der Waals surface area contributed by atoms with Gasteiger partial charge in [-0.2, -0.15) is 0 Å². The first-order valence-electron chi connectivity index (χ1n) is 7.78. The Bertz CT molecular complexity index is 684. The molecule has 0 spiro atoms. The van der Waals surface area contributed by atoms with E-state index in [1.807, 2.05) is 42.5 Å². The molecule has 0 aromatic heterocycles. The SMILES string of the molecule is COC(=O)C(C)C(NC(=O)Cc1ccc(N)cc1)c1ccccc1. The second kappa shape index (κ2) is 8.15. The lowest BCUT2D eigenvalue weighted by atomic mass is 9.94. The molecule has 2 rings (SSSR count). The average Bonchev–Trinajstić information content (AvgIpc) is 2.61. The number of benzene rings is 2. The largest absolute Gasteiger partial charge is 0.469 e. The molecule has 2 atom stereocenters. The first-order chi connectivity index (χ1) is 11.5. The molecule has 5 nitrogen and oxygen atoms in total. The van der Waals surface area contributed by atoms with Crippen LogP contribution < -0.4 is 11.1 Å². The van der Waals surface area contributed by atoms with E-state index in [2.05, 4.69) is 5.32 Å². The highest BCUT2D eigenvalue weighted by atomic mass is 16.5. The molecule has 126 valence electrons. The predicted molar refractivity (Wildman–Crippen MR) is 93.1 cm³/mol. The van der Waals surface area contributed by atoms with Crippen LogP contribution in [0.5, 0.6) is 0 Å². The number of esters is 1. The molecule has 0 aliphatic rings. The second-order valence-corrected chi connectivity index (χ2v) is 5.69. The maximum atomic E-state index is 12.4. The third-order valence-corrected chi connectivity index (χ3v) is 3.89. The number of amides is 1. The number of hydrogen-bond donors (Lipinski definition) is 2. The summed E-state index contributed by atoms with van der Waals surface area (Å²) in [5.74, 6) is -1.02. The normalized spacial score (nSPS) is 12.9. The van der Waals surface area contributed by atoms with Gasteiger partial charge in [-0.3, -0.25) is 9.59 Å². The molecule has 24 heavy (non-hydrogen) atoms. The van der Waals surface area contributed by atoms with Crippen molar-refractivity contribution >= 4 is 17.6 Å². The fraction of sp³-hybridized carbons (Fsp3) is 0.263. The third kappa shape index (κ3) is 4.59. The van der Waals surface area contributed by atoms with E-state index in [0.717, 1.165) is 11.1 Å². The second-order valence-electron chi connectivity index (χ2n) is 5.69. The van der Waals surface area contributed by atoms with Gasteiger partial charge < -0.3 is 15.8 Å². The van der Waals surface area contributed by atoms with E-state index in [0.29, 0.717) is 5.69 Å². The summed E-state index contributed by atoms with van der Waals surface area (Å²) in [7, 11) is 1.34. The van der Waals surface area contributed by atoms with Gasteiger partial charge in [-0.1, -0.05) is 42.5 Å². The van der Waals surface area contributed by atoms with Crippen LogP contribution in [0.15, 0.2) is 54.6 Å². The first-order valence-corrected chi connectivity index (χ1v) is 7.78. The van der Waals surface area contributed by atoms with Gasteiger partial charge in [-0.25, -0.2) is 0 Å². The summed E-state index contributed by atoms with van der Waals surface area (Å²) in [6.45, 7) is 1.74. The quantitative estimate of drug-likeness (QED) is 0.631. The molecule has 2 aromatic rings. The Labute approximate surface area is 141 Å². The number of nitrogen functional groups attached to an aromatic ring is 1. The first kappa shape index (κ1) is 17.5. The van der Waals surface area contributed by atoms with Crippen LogP contribution in [0.1, 0.15) is 24.1 Å². The average molecular weight is 326 g/mol. The molecule has 0 bridgehead atoms. The van der Waals surface area contributed by atoms with Gasteiger partial charge in [0.15, 0.2) is 0 Å². The number of hydrogen-bond acceptors (Lipinski definition) is 4. The van der Waals surface area contributed by atoms with E-state index in [1.165, 1.54) is 7.11 Å². The standard InChI is InChI=1S/C19H22N2O3/c1-13(19(23)24-2)18(15-6-4-3-5-7-15)21-17(22)12-14-8-10-16(20)11-9-14/h3-11,13,18H,12,20H2,1-2H3,(H,21,22). The number of carbonyl (C=O) groups excluding carboxylic acids is 2. The van der Waals surface area contributed by atoms with Crippen LogP contribution >= 0.6 is 0 Å². The summed E-state index contributed by atoms with van der Waals surface area (Å²) in [6, 6.07) is 16.1. The minimum absolute atomic E-state index is 0.163. The molecule has 1 amide bonds. The van der Waals surface area contributed by atoms with Crippen LogP contribution in [0.2, 0.25) is 0 Å². The van der Waals surface area contributed by atoms with Crippen molar-refractivity contribution in [2.45, 2.75) is 19.4 Å². The van der Waals surface area contributed by atoms with Gasteiger partial charge in [-0.15, -0.1) is 0 Å². The maximum Gasteiger partial charge on any atom is 0.310 e. The Hall–Kier alpha value is -2.82. The van der Waals surface area contributed by atoms with Crippen molar-refractivity contribution in [1.29, 1.82) is 0 Å². The number of nitrogens with one attached hydrogen (secondary N) is 1. The number of anilines is 1. The number of nitrogens with two attached hydrogens (primary N) is 1. The highest BCUT2D eigenvalue weighted by Crippen LogP contribution is 2.23. The van der Waals surface area contributed by atoms with Gasteiger partial charge in [0.05, 0.1) is 25.5 Å². The van der Waals surface area contributed by atoms with E-state index in [-0.39, 0.29) is 18.3 Å². The number of carbonyl (C=O) groups is 2. The fourth-order valence-corrected chi connectivity index (χ4v) is 2.52. The Morgan fingerprint density at radius 2 is 1.71 bits per heavy atom. The summed E-state index contributed by atoms with van der Waals surface area (Å²) in [5, 5.41) is 2.94. The molecule has 0 aliphatic heterocycles. The molecule has 0 heterocycles. The highest BCUT2D eigenvalue weighted by molar-refractivity contribution is 5.81. The zero-order chi connectivity index (χ0) is 17.5. The van der Waals surface area contributed by atoms with Crippen molar-refractivity contribution in [1.82, 2.24) is 5.32 Å². The van der Waals surface area contributed by atoms with Crippen LogP contribution in [0.4, 0.5) is 5.69 Å². The summed E-state index contributed by atoms with van der Waals surface area (Å²) in [4.78, 5) is 24.3. The molecular formula is C19H22N2O3. The van der Waals surface area contributed by atoms with Crippen molar-refractivity contribution in [2.75, 3.05) is 12.8 Å². The number of methoxy groups -OCH3 is 1. The van der Waals surface area contributed by atoms with Crippen LogP contribution in [-0.4, -0.2) is 19.0 Å². The van der Waals surface area contributed by atoms with E-state index in [9.17, 15) is 9.59 Å². The van der Waals surface area contributed by atoms with Gasteiger partial charge in [-0.05, 0) is 30.2 Å². The van der Waals surface area contributed by atoms with Crippen molar-refractivity contribution < 1.29 is 14.3 Å². The summed E-state index contributed by atoms with van der Waals surface area (Å²) >= 11 is 0. The van der Waals surface area contributed by atoms with Gasteiger partial charge in [0.1, 0.15) is 0 Å². The number of rotatable bonds is 6. The molecule has 0 saturated carbocycles. The zero-order valence-corrected chi connectivity index (χ0v) is 13.9. The van der Waals surface area contributed by atoms with Crippen molar-refractivity contribution in [2.24, 2.45) is 5.92 Å². The zero-order valence-electron chi connectivity index (χ0n) is 13.9. The smallest absolute Gasteiger partial charge is 0.310 e. The van der Waals surface area contributed by atoms with E-state index in [4.69, 9.17) is 10.5 Å². The van der Waals surface area contributed by atoms with E-state index in [1.54, 1.807) is 19.1 Å². The molecule has 0 radical (unpaired) electrons. The topological polar surface area (TPSA) is 81.4 Å². The third-order valence-electron chi connectivity index (χ3n) is 3.89. The molecule has 0 aliphatic carbocycles. The van der Waals surface area contributed by atoms with Crippen LogP contribution in [-0.2, 0) is 20.7 Å². The van der Waals surface area contributed by atoms with Gasteiger partial charge >= 0.3 is 5.97 Å². The van der Waals surface area contributed by atoms with Crippen molar-refractivity contribution in [3.8, 4) is 0 Å².